The lowest BCUT2D eigenvalue weighted by molar-refractivity contribution is 0.0927. The van der Waals surface area contributed by atoms with Gasteiger partial charge in [-0.25, -0.2) is 4.79 Å². The third kappa shape index (κ3) is 5.09. The van der Waals surface area contributed by atoms with Crippen LogP contribution >= 0.6 is 0 Å². The van der Waals surface area contributed by atoms with Crippen LogP contribution in [0.3, 0.4) is 0 Å². The van der Waals surface area contributed by atoms with Crippen LogP contribution in [0.1, 0.15) is 37.2 Å². The summed E-state index contributed by atoms with van der Waals surface area (Å²) in [5.41, 5.74) is -1.56. The Balaban J connectivity index is 2.65. The van der Waals surface area contributed by atoms with Gasteiger partial charge in [-0.1, -0.05) is 13.8 Å². The molecule has 1 rings (SSSR count). The highest BCUT2D eigenvalue weighted by Crippen LogP contribution is 2.20. The number of nitrogens with one attached hydrogen (secondary N) is 3. The van der Waals surface area contributed by atoms with E-state index >= 15 is 0 Å². The van der Waals surface area contributed by atoms with Crippen molar-refractivity contribution >= 4 is 5.91 Å². The molecule has 0 bridgehead atoms. The summed E-state index contributed by atoms with van der Waals surface area (Å²) >= 11 is 0. The van der Waals surface area contributed by atoms with Crippen LogP contribution in [0.15, 0.2) is 15.7 Å². The van der Waals surface area contributed by atoms with Crippen LogP contribution in [-0.4, -0.2) is 34.1 Å². The van der Waals surface area contributed by atoms with Crippen LogP contribution in [-0.2, 0) is 0 Å². The number of aliphatic hydroxyl groups excluding tert-OH is 1. The first-order valence-corrected chi connectivity index (χ1v) is 6.07. The quantitative estimate of drug-likeness (QED) is 0.562. The predicted octanol–water partition coefficient (Wildman–Crippen LogP) is -0.408. The summed E-state index contributed by atoms with van der Waals surface area (Å²) in [6.45, 7) is 4.42. The van der Waals surface area contributed by atoms with Crippen LogP contribution in [0, 0.1) is 5.41 Å². The molecule has 0 saturated carbocycles. The number of aromatic amines is 2. The van der Waals surface area contributed by atoms with Crippen LogP contribution in [0.2, 0.25) is 0 Å². The minimum Gasteiger partial charge on any atom is -0.396 e. The minimum atomic E-state index is -0.711. The second kappa shape index (κ2) is 6.33. The highest BCUT2D eigenvalue weighted by atomic mass is 16.3. The molecular weight excluding hydrogens is 250 g/mol. The largest absolute Gasteiger partial charge is 0.396 e. The van der Waals surface area contributed by atoms with Gasteiger partial charge < -0.3 is 15.4 Å². The summed E-state index contributed by atoms with van der Waals surface area (Å²) in [6.07, 6.45) is 1.42. The zero-order chi connectivity index (χ0) is 14.5. The van der Waals surface area contributed by atoms with E-state index in [0.717, 1.165) is 12.5 Å². The number of rotatable bonds is 6. The standard InChI is InChI=1S/C12H19N3O4/c1-12(2,4-3-5-16)7-13-10(18)8-6-9(17)15-11(19)14-8/h6,16H,3-5,7H2,1-2H3,(H,13,18)(H2,14,15,17,19). The molecule has 0 atom stereocenters. The monoisotopic (exact) mass is 269 g/mol. The number of aromatic nitrogens is 2. The minimum absolute atomic E-state index is 0.0632. The molecule has 0 aliphatic heterocycles. The average Bonchev–Trinajstić information content (AvgIpc) is 2.32. The molecule has 1 heterocycles. The van der Waals surface area contributed by atoms with E-state index in [4.69, 9.17) is 5.11 Å². The first-order chi connectivity index (χ1) is 8.84. The van der Waals surface area contributed by atoms with Crippen molar-refractivity contribution < 1.29 is 9.90 Å². The highest BCUT2D eigenvalue weighted by molar-refractivity contribution is 5.92. The molecule has 0 aliphatic carbocycles. The third-order valence-electron chi connectivity index (χ3n) is 2.74. The van der Waals surface area contributed by atoms with E-state index in [1.807, 2.05) is 18.8 Å². The van der Waals surface area contributed by atoms with Crippen molar-refractivity contribution in [2.75, 3.05) is 13.2 Å². The summed E-state index contributed by atoms with van der Waals surface area (Å²) in [6, 6.07) is 1.04. The van der Waals surface area contributed by atoms with Crippen LogP contribution < -0.4 is 16.6 Å². The number of carbonyl (C=O) groups is 1. The second-order valence-corrected chi connectivity index (χ2v) is 5.18. The molecule has 0 spiro atoms. The number of amides is 1. The van der Waals surface area contributed by atoms with Gasteiger partial charge in [0.1, 0.15) is 5.69 Å². The number of carbonyl (C=O) groups excluding carboxylic acids is 1. The normalized spacial score (nSPS) is 11.3. The Morgan fingerprint density at radius 1 is 1.37 bits per heavy atom. The summed E-state index contributed by atoms with van der Waals surface area (Å²) in [4.78, 5) is 38.2. The van der Waals surface area contributed by atoms with Gasteiger partial charge in [0, 0.05) is 19.2 Å². The molecule has 0 radical (unpaired) electrons. The van der Waals surface area contributed by atoms with Crippen molar-refractivity contribution in [2.45, 2.75) is 26.7 Å². The number of hydrogen-bond donors (Lipinski definition) is 4. The lowest BCUT2D eigenvalue weighted by Crippen LogP contribution is -2.36. The fourth-order valence-corrected chi connectivity index (χ4v) is 1.65. The SMILES string of the molecule is CC(C)(CCCO)CNC(=O)c1cc(=O)[nH]c(=O)[nH]1. The van der Waals surface area contributed by atoms with E-state index in [1.165, 1.54) is 0 Å². The molecule has 4 N–H and O–H groups in total. The Labute approximate surface area is 110 Å². The van der Waals surface area contributed by atoms with E-state index in [-0.39, 0.29) is 17.7 Å². The maximum Gasteiger partial charge on any atom is 0.326 e. The Bertz CT molecular complexity index is 516. The van der Waals surface area contributed by atoms with Crippen molar-refractivity contribution in [3.05, 3.63) is 32.6 Å². The molecule has 1 aromatic heterocycles. The summed E-state index contributed by atoms with van der Waals surface area (Å²) < 4.78 is 0. The maximum atomic E-state index is 11.8. The Morgan fingerprint density at radius 3 is 2.63 bits per heavy atom. The van der Waals surface area contributed by atoms with E-state index in [9.17, 15) is 14.4 Å². The summed E-state index contributed by atoms with van der Waals surface area (Å²) in [7, 11) is 0. The van der Waals surface area contributed by atoms with Gasteiger partial charge in [0.2, 0.25) is 0 Å². The first-order valence-electron chi connectivity index (χ1n) is 6.07. The molecule has 7 heteroatoms. The van der Waals surface area contributed by atoms with Gasteiger partial charge in [0.05, 0.1) is 0 Å². The van der Waals surface area contributed by atoms with Crippen LogP contribution in [0.25, 0.3) is 0 Å². The lowest BCUT2D eigenvalue weighted by atomic mass is 9.88. The molecule has 0 fully saturated rings. The van der Waals surface area contributed by atoms with E-state index in [0.29, 0.717) is 13.0 Å². The van der Waals surface area contributed by atoms with Gasteiger partial charge in [-0.05, 0) is 18.3 Å². The zero-order valence-corrected chi connectivity index (χ0v) is 11.1. The van der Waals surface area contributed by atoms with Gasteiger partial charge in [-0.15, -0.1) is 0 Å². The van der Waals surface area contributed by atoms with Crippen molar-refractivity contribution in [2.24, 2.45) is 5.41 Å². The van der Waals surface area contributed by atoms with E-state index in [2.05, 4.69) is 10.3 Å². The molecule has 0 aromatic carbocycles. The summed E-state index contributed by atoms with van der Waals surface area (Å²) in [5, 5.41) is 11.4. The van der Waals surface area contributed by atoms with Gasteiger partial charge in [0.25, 0.3) is 11.5 Å². The fraction of sp³-hybridized carbons (Fsp3) is 0.583. The molecule has 1 amide bonds. The Morgan fingerprint density at radius 2 is 2.05 bits per heavy atom. The molecular formula is C12H19N3O4. The predicted molar refractivity (Wildman–Crippen MR) is 70.1 cm³/mol. The molecule has 1 aromatic rings. The maximum absolute atomic E-state index is 11.8. The second-order valence-electron chi connectivity index (χ2n) is 5.18. The van der Waals surface area contributed by atoms with Crippen molar-refractivity contribution in [1.82, 2.24) is 15.3 Å². The van der Waals surface area contributed by atoms with Gasteiger partial charge >= 0.3 is 5.69 Å². The lowest BCUT2D eigenvalue weighted by Gasteiger charge is -2.24. The number of H-pyrrole nitrogens is 2. The molecule has 19 heavy (non-hydrogen) atoms. The van der Waals surface area contributed by atoms with Gasteiger partial charge in [0.15, 0.2) is 0 Å². The molecule has 7 nitrogen and oxygen atoms in total. The van der Waals surface area contributed by atoms with Crippen molar-refractivity contribution in [3.8, 4) is 0 Å². The van der Waals surface area contributed by atoms with Gasteiger partial charge in [-0.2, -0.15) is 0 Å². The average molecular weight is 269 g/mol. The molecule has 0 saturated heterocycles. The van der Waals surface area contributed by atoms with Crippen LogP contribution in [0.5, 0.6) is 0 Å². The fourth-order valence-electron chi connectivity index (χ4n) is 1.65. The number of aliphatic hydroxyl groups is 1. The molecule has 0 aliphatic rings. The third-order valence-corrected chi connectivity index (χ3v) is 2.74. The first kappa shape index (κ1) is 15.2. The van der Waals surface area contributed by atoms with Crippen molar-refractivity contribution in [1.29, 1.82) is 0 Å². The Hall–Kier alpha value is -1.89. The summed E-state index contributed by atoms with van der Waals surface area (Å²) in [5.74, 6) is -0.500. The topological polar surface area (TPSA) is 115 Å². The molecule has 0 unspecified atom stereocenters. The van der Waals surface area contributed by atoms with E-state index in [1.54, 1.807) is 0 Å². The van der Waals surface area contributed by atoms with Crippen LogP contribution in [0.4, 0.5) is 0 Å². The van der Waals surface area contributed by atoms with Crippen molar-refractivity contribution in [3.63, 3.8) is 0 Å². The zero-order valence-electron chi connectivity index (χ0n) is 11.1. The van der Waals surface area contributed by atoms with Gasteiger partial charge in [-0.3, -0.25) is 14.6 Å². The molecule has 106 valence electrons. The Kier molecular flexibility index (Phi) is 5.05. The van der Waals surface area contributed by atoms with E-state index < -0.39 is 17.2 Å². The highest BCUT2D eigenvalue weighted by Gasteiger charge is 2.19. The smallest absolute Gasteiger partial charge is 0.326 e. The number of hydrogen-bond acceptors (Lipinski definition) is 4.